The molecule has 0 aromatic heterocycles. The normalized spacial score (nSPS) is 12.0. The Kier molecular flexibility index (Phi) is 5.90. The molecule has 1 N–H and O–H groups in total. The van der Waals surface area contributed by atoms with Gasteiger partial charge >= 0.3 is 0 Å². The molecule has 2 aromatic rings. The molecule has 0 bridgehead atoms. The van der Waals surface area contributed by atoms with Crippen LogP contribution in [0.4, 0.5) is 5.69 Å². The molecule has 0 fully saturated rings. The minimum absolute atomic E-state index is 0.138. The molecule has 0 aliphatic heterocycles. The Balaban J connectivity index is 1.95. The summed E-state index contributed by atoms with van der Waals surface area (Å²) in [7, 11) is 1.66. The van der Waals surface area contributed by atoms with Crippen LogP contribution in [0.1, 0.15) is 18.5 Å². The summed E-state index contributed by atoms with van der Waals surface area (Å²) < 4.78 is 10.5. The highest BCUT2D eigenvalue weighted by molar-refractivity contribution is 6.31. The van der Waals surface area contributed by atoms with Crippen LogP contribution in [-0.2, 0) is 4.74 Å². The first-order valence-electron chi connectivity index (χ1n) is 6.93. The molecule has 0 amide bonds. The molecule has 1 atom stereocenters. The lowest BCUT2D eigenvalue weighted by atomic mass is 10.1. The second kappa shape index (κ2) is 7.91. The lowest BCUT2D eigenvalue weighted by molar-refractivity contribution is 0.146. The second-order valence-corrected chi connectivity index (χ2v) is 5.16. The predicted molar refractivity (Wildman–Crippen MR) is 87.3 cm³/mol. The van der Waals surface area contributed by atoms with Crippen molar-refractivity contribution in [3.8, 4) is 5.75 Å². The zero-order valence-corrected chi connectivity index (χ0v) is 13.1. The van der Waals surface area contributed by atoms with Crippen molar-refractivity contribution in [1.82, 2.24) is 0 Å². The molecule has 0 saturated carbocycles. The van der Waals surface area contributed by atoms with E-state index in [9.17, 15) is 0 Å². The zero-order valence-electron chi connectivity index (χ0n) is 12.3. The van der Waals surface area contributed by atoms with Gasteiger partial charge in [-0.15, -0.1) is 0 Å². The third kappa shape index (κ3) is 4.66. The molecular formula is C17H20ClNO2. The number of benzene rings is 2. The number of hydrogen-bond donors (Lipinski definition) is 1. The first kappa shape index (κ1) is 15.7. The quantitative estimate of drug-likeness (QED) is 0.762. The van der Waals surface area contributed by atoms with Crippen LogP contribution in [0, 0.1) is 0 Å². The molecule has 0 spiro atoms. The summed E-state index contributed by atoms with van der Waals surface area (Å²) in [6.07, 6.45) is 0. The molecule has 2 aromatic carbocycles. The molecule has 0 heterocycles. The fraction of sp³-hybridized carbons (Fsp3) is 0.294. The highest BCUT2D eigenvalue weighted by Gasteiger charge is 2.08. The summed E-state index contributed by atoms with van der Waals surface area (Å²) >= 11 is 6.21. The van der Waals surface area contributed by atoms with Crippen molar-refractivity contribution < 1.29 is 9.47 Å². The SMILES string of the molecule is COCCOc1ccc(NC(C)c2ccccc2Cl)cc1. The summed E-state index contributed by atoms with van der Waals surface area (Å²) in [5, 5.41) is 4.20. The topological polar surface area (TPSA) is 30.5 Å². The largest absolute Gasteiger partial charge is 0.491 e. The summed E-state index contributed by atoms with van der Waals surface area (Å²) in [5.74, 6) is 0.836. The molecule has 21 heavy (non-hydrogen) atoms. The average molecular weight is 306 g/mol. The van der Waals surface area contributed by atoms with Crippen LogP contribution in [0.5, 0.6) is 5.75 Å². The Morgan fingerprint density at radius 2 is 1.76 bits per heavy atom. The average Bonchev–Trinajstić information content (AvgIpc) is 2.49. The van der Waals surface area contributed by atoms with Crippen molar-refractivity contribution in [3.63, 3.8) is 0 Å². The molecule has 1 unspecified atom stereocenters. The Morgan fingerprint density at radius 3 is 2.43 bits per heavy atom. The van der Waals surface area contributed by atoms with Crippen LogP contribution in [-0.4, -0.2) is 20.3 Å². The van der Waals surface area contributed by atoms with Gasteiger partial charge in [0.15, 0.2) is 0 Å². The maximum atomic E-state index is 6.21. The second-order valence-electron chi connectivity index (χ2n) is 4.75. The zero-order chi connectivity index (χ0) is 15.1. The van der Waals surface area contributed by atoms with E-state index in [1.807, 2.05) is 48.5 Å². The molecule has 2 rings (SSSR count). The van der Waals surface area contributed by atoms with Crippen molar-refractivity contribution in [1.29, 1.82) is 0 Å². The molecule has 3 nitrogen and oxygen atoms in total. The number of nitrogens with one attached hydrogen (secondary N) is 1. The third-order valence-corrected chi connectivity index (χ3v) is 3.51. The van der Waals surface area contributed by atoms with Gasteiger partial charge in [-0.3, -0.25) is 0 Å². The van der Waals surface area contributed by atoms with Crippen LogP contribution < -0.4 is 10.1 Å². The van der Waals surface area contributed by atoms with Gasteiger partial charge in [0, 0.05) is 23.9 Å². The number of methoxy groups -OCH3 is 1. The van der Waals surface area contributed by atoms with E-state index in [0.717, 1.165) is 22.0 Å². The summed E-state index contributed by atoms with van der Waals surface area (Å²) in [6, 6.07) is 15.9. The number of rotatable bonds is 7. The lowest BCUT2D eigenvalue weighted by Gasteiger charge is -2.17. The molecule has 112 valence electrons. The molecule has 4 heteroatoms. The van der Waals surface area contributed by atoms with E-state index >= 15 is 0 Å². The fourth-order valence-electron chi connectivity index (χ4n) is 2.04. The number of hydrogen-bond acceptors (Lipinski definition) is 3. The van der Waals surface area contributed by atoms with E-state index in [1.165, 1.54) is 0 Å². The van der Waals surface area contributed by atoms with Crippen LogP contribution in [0.2, 0.25) is 5.02 Å². The fourth-order valence-corrected chi connectivity index (χ4v) is 2.34. The summed E-state index contributed by atoms with van der Waals surface area (Å²) in [4.78, 5) is 0. The van der Waals surface area contributed by atoms with E-state index < -0.39 is 0 Å². The monoisotopic (exact) mass is 305 g/mol. The predicted octanol–water partition coefficient (Wildman–Crippen LogP) is 4.54. The minimum Gasteiger partial charge on any atom is -0.491 e. The van der Waals surface area contributed by atoms with Crippen molar-refractivity contribution in [3.05, 3.63) is 59.1 Å². The Morgan fingerprint density at radius 1 is 1.05 bits per heavy atom. The minimum atomic E-state index is 0.138. The molecule has 0 aliphatic carbocycles. The smallest absolute Gasteiger partial charge is 0.119 e. The maximum absolute atomic E-state index is 6.21. The van der Waals surface area contributed by atoms with Gasteiger partial charge in [-0.25, -0.2) is 0 Å². The summed E-state index contributed by atoms with van der Waals surface area (Å²) in [5.41, 5.74) is 2.11. The van der Waals surface area contributed by atoms with E-state index in [0.29, 0.717) is 13.2 Å². The molecular weight excluding hydrogens is 286 g/mol. The van der Waals surface area contributed by atoms with Crippen LogP contribution in [0.3, 0.4) is 0 Å². The van der Waals surface area contributed by atoms with Crippen LogP contribution >= 0.6 is 11.6 Å². The Hall–Kier alpha value is -1.71. The van der Waals surface area contributed by atoms with Gasteiger partial charge in [0.05, 0.1) is 6.61 Å². The maximum Gasteiger partial charge on any atom is 0.119 e. The van der Waals surface area contributed by atoms with Gasteiger partial charge in [-0.1, -0.05) is 29.8 Å². The molecule has 0 saturated heterocycles. The first-order valence-corrected chi connectivity index (χ1v) is 7.31. The van der Waals surface area contributed by atoms with Crippen molar-refractivity contribution in [2.24, 2.45) is 0 Å². The van der Waals surface area contributed by atoms with E-state index in [1.54, 1.807) is 7.11 Å². The van der Waals surface area contributed by atoms with Gasteiger partial charge in [0.25, 0.3) is 0 Å². The number of ether oxygens (including phenoxy) is 2. The van der Waals surface area contributed by atoms with E-state index in [4.69, 9.17) is 21.1 Å². The highest BCUT2D eigenvalue weighted by Crippen LogP contribution is 2.26. The Bertz CT molecular complexity index is 557. The lowest BCUT2D eigenvalue weighted by Crippen LogP contribution is -2.07. The van der Waals surface area contributed by atoms with E-state index in [-0.39, 0.29) is 6.04 Å². The van der Waals surface area contributed by atoms with Crippen molar-refractivity contribution in [2.75, 3.05) is 25.6 Å². The first-order chi connectivity index (χ1) is 10.2. The molecule has 0 aliphatic rings. The van der Waals surface area contributed by atoms with Gasteiger partial charge in [-0.05, 0) is 42.8 Å². The van der Waals surface area contributed by atoms with Crippen LogP contribution in [0.25, 0.3) is 0 Å². The van der Waals surface area contributed by atoms with Gasteiger partial charge < -0.3 is 14.8 Å². The third-order valence-electron chi connectivity index (χ3n) is 3.17. The number of halogens is 1. The summed E-state index contributed by atoms with van der Waals surface area (Å²) in [6.45, 7) is 3.23. The highest BCUT2D eigenvalue weighted by atomic mass is 35.5. The van der Waals surface area contributed by atoms with Crippen molar-refractivity contribution in [2.45, 2.75) is 13.0 Å². The van der Waals surface area contributed by atoms with Gasteiger partial charge in [0.1, 0.15) is 12.4 Å². The van der Waals surface area contributed by atoms with Gasteiger partial charge in [-0.2, -0.15) is 0 Å². The Labute approximate surface area is 130 Å². The van der Waals surface area contributed by atoms with E-state index in [2.05, 4.69) is 12.2 Å². The molecule has 0 radical (unpaired) electrons. The van der Waals surface area contributed by atoms with Crippen LogP contribution in [0.15, 0.2) is 48.5 Å². The van der Waals surface area contributed by atoms with Gasteiger partial charge in [0.2, 0.25) is 0 Å². The number of anilines is 1. The standard InChI is InChI=1S/C17H20ClNO2/c1-13(16-5-3-4-6-17(16)18)19-14-7-9-15(10-8-14)21-12-11-20-2/h3-10,13,19H,11-12H2,1-2H3. The van der Waals surface area contributed by atoms with Crippen molar-refractivity contribution >= 4 is 17.3 Å².